The van der Waals surface area contributed by atoms with E-state index < -0.39 is 0 Å². The predicted octanol–water partition coefficient (Wildman–Crippen LogP) is 5.59. The number of hydrogen-bond acceptors (Lipinski definition) is 2. The summed E-state index contributed by atoms with van der Waals surface area (Å²) in [5.41, 5.74) is 4.69. The van der Waals surface area contributed by atoms with Crippen molar-refractivity contribution in [2.75, 3.05) is 0 Å². The van der Waals surface area contributed by atoms with Gasteiger partial charge in [-0.15, -0.1) is 0 Å². The molecule has 0 fully saturated rings. The molecule has 0 saturated heterocycles. The highest BCUT2D eigenvalue weighted by molar-refractivity contribution is 5.51. The number of aromatic hydroxyl groups is 2. The summed E-state index contributed by atoms with van der Waals surface area (Å²) >= 11 is 0. The predicted molar refractivity (Wildman–Crippen MR) is 101 cm³/mol. The molecule has 2 N–H and O–H groups in total. The fourth-order valence-electron chi connectivity index (χ4n) is 2.98. The van der Waals surface area contributed by atoms with Crippen LogP contribution in [0.5, 0.6) is 11.5 Å². The van der Waals surface area contributed by atoms with E-state index in [1.54, 1.807) is 6.07 Å². The number of hydrogen-bond donors (Lipinski definition) is 2. The zero-order valence-electron chi connectivity index (χ0n) is 16.0. The molecule has 2 heteroatoms. The second-order valence-corrected chi connectivity index (χ2v) is 8.85. The van der Waals surface area contributed by atoms with Gasteiger partial charge in [-0.05, 0) is 51.6 Å². The zero-order chi connectivity index (χ0) is 18.3. The van der Waals surface area contributed by atoms with Crippen LogP contribution in [0.3, 0.4) is 0 Å². The molecule has 0 amide bonds. The summed E-state index contributed by atoms with van der Waals surface area (Å²) in [6.45, 7) is 14.6. The lowest BCUT2D eigenvalue weighted by Crippen LogP contribution is -2.18. The second-order valence-electron chi connectivity index (χ2n) is 8.85. The Morgan fingerprint density at radius 3 is 1.71 bits per heavy atom. The molecule has 2 aromatic rings. The first-order valence-electron chi connectivity index (χ1n) is 8.55. The maximum Gasteiger partial charge on any atom is 0.123 e. The minimum Gasteiger partial charge on any atom is -0.508 e. The first-order valence-corrected chi connectivity index (χ1v) is 8.55. The highest BCUT2D eigenvalue weighted by Gasteiger charge is 2.26. The fourth-order valence-corrected chi connectivity index (χ4v) is 2.98. The van der Waals surface area contributed by atoms with Gasteiger partial charge in [0.1, 0.15) is 11.5 Å². The lowest BCUT2D eigenvalue weighted by Gasteiger charge is -2.28. The number of benzene rings is 2. The maximum absolute atomic E-state index is 10.8. The van der Waals surface area contributed by atoms with Gasteiger partial charge in [-0.3, -0.25) is 0 Å². The van der Waals surface area contributed by atoms with E-state index in [2.05, 4.69) is 53.7 Å². The minimum atomic E-state index is -0.143. The largest absolute Gasteiger partial charge is 0.508 e. The van der Waals surface area contributed by atoms with Gasteiger partial charge in [-0.1, -0.05) is 65.8 Å². The topological polar surface area (TPSA) is 40.5 Å². The van der Waals surface area contributed by atoms with E-state index in [0.717, 1.165) is 27.8 Å². The van der Waals surface area contributed by atoms with E-state index in [9.17, 15) is 10.2 Å². The highest BCUT2D eigenvalue weighted by Crippen LogP contribution is 2.40. The summed E-state index contributed by atoms with van der Waals surface area (Å²) in [4.78, 5) is 0. The van der Waals surface area contributed by atoms with E-state index in [1.165, 1.54) is 0 Å². The Balaban J connectivity index is 2.58. The van der Waals surface area contributed by atoms with Gasteiger partial charge in [0.15, 0.2) is 0 Å². The molecule has 0 spiro atoms. The third kappa shape index (κ3) is 3.92. The van der Waals surface area contributed by atoms with Crippen LogP contribution in [-0.4, -0.2) is 10.2 Å². The van der Waals surface area contributed by atoms with Crippen molar-refractivity contribution >= 4 is 0 Å². The lowest BCUT2D eigenvalue weighted by molar-refractivity contribution is 0.422. The Hall–Kier alpha value is -1.96. The Morgan fingerprint density at radius 2 is 1.29 bits per heavy atom. The van der Waals surface area contributed by atoms with Crippen molar-refractivity contribution in [2.24, 2.45) is 0 Å². The average molecular weight is 326 g/mol. The number of phenols is 2. The van der Waals surface area contributed by atoms with Gasteiger partial charge in [0, 0.05) is 6.42 Å². The van der Waals surface area contributed by atoms with Crippen molar-refractivity contribution in [3.63, 3.8) is 0 Å². The molecule has 0 bridgehead atoms. The molecule has 0 aromatic heterocycles. The molecule has 0 aliphatic heterocycles. The molecule has 2 rings (SSSR count). The molecule has 0 aliphatic carbocycles. The van der Waals surface area contributed by atoms with Crippen LogP contribution in [-0.2, 0) is 17.3 Å². The number of rotatable bonds is 2. The Morgan fingerprint density at radius 1 is 0.792 bits per heavy atom. The van der Waals surface area contributed by atoms with E-state index >= 15 is 0 Å². The fraction of sp³-hybridized carbons (Fsp3) is 0.455. The molecule has 0 aliphatic rings. The van der Waals surface area contributed by atoms with E-state index in [0.29, 0.717) is 17.9 Å². The van der Waals surface area contributed by atoms with Crippen molar-refractivity contribution < 1.29 is 10.2 Å². The third-order valence-corrected chi connectivity index (χ3v) is 4.42. The Kier molecular flexibility index (Phi) is 4.72. The molecule has 0 unspecified atom stereocenters. The second kappa shape index (κ2) is 6.16. The Labute approximate surface area is 146 Å². The van der Waals surface area contributed by atoms with Crippen LogP contribution < -0.4 is 0 Å². The summed E-state index contributed by atoms with van der Waals surface area (Å²) in [5, 5.41) is 21.0. The molecule has 24 heavy (non-hydrogen) atoms. The quantitative estimate of drug-likeness (QED) is 0.755. The van der Waals surface area contributed by atoms with Crippen molar-refractivity contribution in [1.29, 1.82) is 0 Å². The molecule has 2 aromatic carbocycles. The van der Waals surface area contributed by atoms with E-state index in [4.69, 9.17) is 0 Å². The molecule has 0 heterocycles. The third-order valence-electron chi connectivity index (χ3n) is 4.42. The first-order chi connectivity index (χ1) is 10.9. The van der Waals surface area contributed by atoms with Crippen LogP contribution in [0.1, 0.15) is 69.4 Å². The first kappa shape index (κ1) is 18.4. The summed E-state index contributed by atoms with van der Waals surface area (Å²) in [6, 6.07) is 9.94. The summed E-state index contributed by atoms with van der Waals surface area (Å²) in [7, 11) is 0. The van der Waals surface area contributed by atoms with Crippen LogP contribution in [0.4, 0.5) is 0 Å². The normalized spacial score (nSPS) is 12.5. The molecule has 0 radical (unpaired) electrons. The van der Waals surface area contributed by atoms with Crippen LogP contribution in [0.2, 0.25) is 0 Å². The zero-order valence-corrected chi connectivity index (χ0v) is 16.0. The van der Waals surface area contributed by atoms with Gasteiger partial charge < -0.3 is 10.2 Å². The van der Waals surface area contributed by atoms with Crippen LogP contribution in [0.25, 0.3) is 0 Å². The molecular formula is C22H30O2. The maximum atomic E-state index is 10.8. The summed E-state index contributed by atoms with van der Waals surface area (Å²) in [5.74, 6) is 0.726. The van der Waals surface area contributed by atoms with E-state index in [1.807, 2.05) is 19.1 Å². The standard InChI is InChI=1S/C22H30O2/c1-14-8-9-16(19(23)10-14)11-15-12-17(21(2,3)4)20(24)18(13-15)22(5,6)7/h8-10,12-13,23-24H,11H2,1-7H3. The van der Waals surface area contributed by atoms with Crippen molar-refractivity contribution in [2.45, 2.75) is 65.7 Å². The van der Waals surface area contributed by atoms with Crippen LogP contribution in [0, 0.1) is 6.92 Å². The number of aryl methyl sites for hydroxylation is 1. The smallest absolute Gasteiger partial charge is 0.123 e. The van der Waals surface area contributed by atoms with E-state index in [-0.39, 0.29) is 10.8 Å². The van der Waals surface area contributed by atoms with Crippen molar-refractivity contribution in [3.8, 4) is 11.5 Å². The van der Waals surface area contributed by atoms with Crippen LogP contribution >= 0.6 is 0 Å². The summed E-state index contributed by atoms with van der Waals surface area (Å²) in [6.07, 6.45) is 0.651. The van der Waals surface area contributed by atoms with Gasteiger partial charge in [-0.25, -0.2) is 0 Å². The molecule has 2 nitrogen and oxygen atoms in total. The lowest BCUT2D eigenvalue weighted by atomic mass is 9.78. The van der Waals surface area contributed by atoms with Gasteiger partial charge >= 0.3 is 0 Å². The van der Waals surface area contributed by atoms with Gasteiger partial charge in [0.2, 0.25) is 0 Å². The average Bonchev–Trinajstić information content (AvgIpc) is 2.41. The molecule has 130 valence electrons. The van der Waals surface area contributed by atoms with Crippen molar-refractivity contribution in [1.82, 2.24) is 0 Å². The van der Waals surface area contributed by atoms with Gasteiger partial charge in [0.25, 0.3) is 0 Å². The number of phenolic OH excluding ortho intramolecular Hbond substituents is 2. The van der Waals surface area contributed by atoms with Gasteiger partial charge in [0.05, 0.1) is 0 Å². The minimum absolute atomic E-state index is 0.143. The summed E-state index contributed by atoms with van der Waals surface area (Å²) < 4.78 is 0. The monoisotopic (exact) mass is 326 g/mol. The van der Waals surface area contributed by atoms with Crippen LogP contribution in [0.15, 0.2) is 30.3 Å². The SMILES string of the molecule is Cc1ccc(Cc2cc(C(C)(C)C)c(O)c(C(C)(C)C)c2)c(O)c1. The van der Waals surface area contributed by atoms with Crippen molar-refractivity contribution in [3.05, 3.63) is 58.1 Å². The molecule has 0 atom stereocenters. The van der Waals surface area contributed by atoms with Gasteiger partial charge in [-0.2, -0.15) is 0 Å². The highest BCUT2D eigenvalue weighted by atomic mass is 16.3. The molecule has 0 saturated carbocycles. The molecular weight excluding hydrogens is 296 g/mol. The Bertz CT molecular complexity index is 709.